The first-order chi connectivity index (χ1) is 13.4. The molecule has 0 atom stereocenters. The lowest BCUT2D eigenvalue weighted by atomic mass is 10.2. The van der Waals surface area contributed by atoms with Gasteiger partial charge in [-0.3, -0.25) is 24.6 Å². The minimum atomic E-state index is -0.492. The quantitative estimate of drug-likeness (QED) is 0.672. The number of benzene rings is 1. The summed E-state index contributed by atoms with van der Waals surface area (Å²) in [5, 5.41) is 11.2. The number of rotatable bonds is 4. The summed E-state index contributed by atoms with van der Waals surface area (Å²) in [6, 6.07) is 6.20. The minimum Gasteiger partial charge on any atom is -0.402 e. The van der Waals surface area contributed by atoms with Crippen molar-refractivity contribution in [2.45, 2.75) is 26.7 Å². The Hall–Kier alpha value is -3.40. The molecule has 1 saturated heterocycles. The van der Waals surface area contributed by atoms with E-state index in [1.165, 1.54) is 17.4 Å². The Labute approximate surface area is 163 Å². The van der Waals surface area contributed by atoms with Crippen LogP contribution in [0.15, 0.2) is 28.7 Å². The summed E-state index contributed by atoms with van der Waals surface area (Å²) in [6.07, 6.45) is 0.354. The number of anilines is 2. The van der Waals surface area contributed by atoms with E-state index < -0.39 is 5.91 Å². The summed E-state index contributed by atoms with van der Waals surface area (Å²) in [5.41, 5.74) is 1.40. The second kappa shape index (κ2) is 6.97. The molecule has 9 nitrogen and oxygen atoms in total. The zero-order chi connectivity index (χ0) is 19.8. The first-order valence-corrected chi connectivity index (χ1v) is 9.29. The van der Waals surface area contributed by atoms with Crippen LogP contribution in [0.25, 0.3) is 10.8 Å². The number of imide groups is 1. The summed E-state index contributed by atoms with van der Waals surface area (Å²) in [7, 11) is 0. The number of carbonyl (C=O) groups excluding carboxylic acids is 3. The summed E-state index contributed by atoms with van der Waals surface area (Å²) < 4.78 is 5.52. The first-order valence-electron chi connectivity index (χ1n) is 8.47. The van der Waals surface area contributed by atoms with Gasteiger partial charge in [0, 0.05) is 18.4 Å². The molecule has 4 rings (SSSR count). The number of aryl methyl sites for hydroxylation is 2. The van der Waals surface area contributed by atoms with E-state index in [9.17, 15) is 14.4 Å². The molecule has 3 heterocycles. The van der Waals surface area contributed by atoms with Crippen LogP contribution in [-0.4, -0.2) is 32.9 Å². The van der Waals surface area contributed by atoms with Crippen LogP contribution in [0.5, 0.6) is 0 Å². The van der Waals surface area contributed by atoms with Crippen LogP contribution in [0, 0.1) is 13.8 Å². The highest BCUT2D eigenvalue weighted by Crippen LogP contribution is 2.29. The van der Waals surface area contributed by atoms with Crippen molar-refractivity contribution in [1.82, 2.24) is 15.2 Å². The van der Waals surface area contributed by atoms with Crippen LogP contribution >= 0.6 is 11.3 Å². The molecule has 1 aliphatic rings. The van der Waals surface area contributed by atoms with Crippen LogP contribution in [0.1, 0.15) is 33.9 Å². The predicted octanol–water partition coefficient (Wildman–Crippen LogP) is 2.72. The van der Waals surface area contributed by atoms with Crippen molar-refractivity contribution >= 4 is 40.8 Å². The van der Waals surface area contributed by atoms with Gasteiger partial charge in [-0.15, -0.1) is 16.4 Å². The second-order valence-corrected chi connectivity index (χ2v) is 7.39. The van der Waals surface area contributed by atoms with Crippen LogP contribution in [0.3, 0.4) is 0 Å². The monoisotopic (exact) mass is 397 g/mol. The van der Waals surface area contributed by atoms with Gasteiger partial charge in [0.1, 0.15) is 4.88 Å². The van der Waals surface area contributed by atoms with Gasteiger partial charge in [-0.05, 0) is 32.0 Å². The van der Waals surface area contributed by atoms with Crippen LogP contribution in [0.4, 0.5) is 11.7 Å². The van der Waals surface area contributed by atoms with Crippen molar-refractivity contribution in [3.05, 3.63) is 40.5 Å². The van der Waals surface area contributed by atoms with E-state index in [-0.39, 0.29) is 42.1 Å². The normalized spacial score (nSPS) is 14.0. The standard InChI is InChI=1S/C18H15N5O4S/c1-9-15(28-10(2)19-9)17-21-22-18(27-17)20-16(26)11-4-3-5-12(8-11)23-13(24)6-7-14(23)25/h3-5,8H,6-7H2,1-2H3,(H,20,22,26). The van der Waals surface area contributed by atoms with E-state index in [1.807, 2.05) is 13.8 Å². The Morgan fingerprint density at radius 3 is 2.61 bits per heavy atom. The Bertz CT molecular complexity index is 1090. The minimum absolute atomic E-state index is 0.0517. The molecule has 2 aromatic heterocycles. The third-order valence-electron chi connectivity index (χ3n) is 4.16. The zero-order valence-electron chi connectivity index (χ0n) is 15.1. The molecule has 0 aliphatic carbocycles. The molecule has 0 radical (unpaired) electrons. The number of carbonyl (C=O) groups is 3. The Morgan fingerprint density at radius 2 is 1.93 bits per heavy atom. The second-order valence-electron chi connectivity index (χ2n) is 6.19. The molecule has 0 saturated carbocycles. The first kappa shape index (κ1) is 18.0. The van der Waals surface area contributed by atoms with Gasteiger partial charge < -0.3 is 4.42 Å². The Kier molecular flexibility index (Phi) is 4.47. The fraction of sp³-hybridized carbons (Fsp3) is 0.222. The predicted molar refractivity (Wildman–Crippen MR) is 101 cm³/mol. The molecular formula is C18H15N5O4S. The number of nitrogens with zero attached hydrogens (tertiary/aromatic N) is 4. The molecule has 28 heavy (non-hydrogen) atoms. The Morgan fingerprint density at radius 1 is 1.18 bits per heavy atom. The number of thiazole rings is 1. The van der Waals surface area contributed by atoms with E-state index >= 15 is 0 Å². The molecule has 0 unspecified atom stereocenters. The van der Waals surface area contributed by atoms with Gasteiger partial charge in [0.2, 0.25) is 11.8 Å². The largest absolute Gasteiger partial charge is 0.402 e. The van der Waals surface area contributed by atoms with Crippen molar-refractivity contribution < 1.29 is 18.8 Å². The van der Waals surface area contributed by atoms with Crippen LogP contribution in [-0.2, 0) is 9.59 Å². The smallest absolute Gasteiger partial charge is 0.322 e. The number of amides is 3. The van der Waals surface area contributed by atoms with Gasteiger partial charge in [0.15, 0.2) is 0 Å². The molecule has 3 amide bonds. The average molecular weight is 397 g/mol. The fourth-order valence-corrected chi connectivity index (χ4v) is 3.76. The number of aromatic nitrogens is 3. The summed E-state index contributed by atoms with van der Waals surface area (Å²) in [5.74, 6) is -0.771. The third kappa shape index (κ3) is 3.29. The molecule has 1 N–H and O–H groups in total. The van der Waals surface area contributed by atoms with Crippen LogP contribution in [0.2, 0.25) is 0 Å². The van der Waals surface area contributed by atoms with Crippen molar-refractivity contribution in [1.29, 1.82) is 0 Å². The zero-order valence-corrected chi connectivity index (χ0v) is 15.9. The van der Waals surface area contributed by atoms with E-state index in [0.717, 1.165) is 20.5 Å². The molecule has 0 bridgehead atoms. The average Bonchev–Trinajstić information content (AvgIpc) is 3.34. The molecule has 10 heteroatoms. The summed E-state index contributed by atoms with van der Waals surface area (Å²) in [4.78, 5) is 42.5. The van der Waals surface area contributed by atoms with Gasteiger partial charge in [-0.1, -0.05) is 11.2 Å². The maximum atomic E-state index is 12.5. The molecule has 142 valence electrons. The van der Waals surface area contributed by atoms with Crippen molar-refractivity contribution in [3.8, 4) is 10.8 Å². The maximum Gasteiger partial charge on any atom is 0.322 e. The van der Waals surface area contributed by atoms with Crippen molar-refractivity contribution in [3.63, 3.8) is 0 Å². The van der Waals surface area contributed by atoms with E-state index in [4.69, 9.17) is 4.42 Å². The molecule has 3 aromatic rings. The fourth-order valence-electron chi connectivity index (χ4n) is 2.92. The topological polar surface area (TPSA) is 118 Å². The molecular weight excluding hydrogens is 382 g/mol. The summed E-state index contributed by atoms with van der Waals surface area (Å²) in [6.45, 7) is 3.72. The maximum absolute atomic E-state index is 12.5. The molecule has 1 aromatic carbocycles. The lowest BCUT2D eigenvalue weighted by molar-refractivity contribution is -0.121. The Balaban J connectivity index is 1.53. The lowest BCUT2D eigenvalue weighted by Gasteiger charge is -2.14. The molecule has 1 fully saturated rings. The number of hydrogen-bond acceptors (Lipinski definition) is 8. The van der Waals surface area contributed by atoms with Gasteiger partial charge >= 0.3 is 6.01 Å². The highest BCUT2D eigenvalue weighted by Gasteiger charge is 2.30. The van der Waals surface area contributed by atoms with Gasteiger partial charge in [-0.2, -0.15) is 0 Å². The van der Waals surface area contributed by atoms with Crippen LogP contribution < -0.4 is 10.2 Å². The van der Waals surface area contributed by atoms with Crippen molar-refractivity contribution in [2.24, 2.45) is 0 Å². The molecule has 1 aliphatic heterocycles. The van der Waals surface area contributed by atoms with E-state index in [2.05, 4.69) is 20.5 Å². The van der Waals surface area contributed by atoms with Gasteiger partial charge in [-0.25, -0.2) is 4.98 Å². The molecule has 0 spiro atoms. The lowest BCUT2D eigenvalue weighted by Crippen LogP contribution is -2.28. The van der Waals surface area contributed by atoms with Crippen molar-refractivity contribution in [2.75, 3.05) is 10.2 Å². The highest BCUT2D eigenvalue weighted by atomic mass is 32.1. The van der Waals surface area contributed by atoms with E-state index in [1.54, 1.807) is 18.2 Å². The van der Waals surface area contributed by atoms with Gasteiger partial charge in [0.25, 0.3) is 11.8 Å². The number of nitrogens with one attached hydrogen (secondary N) is 1. The summed E-state index contributed by atoms with van der Waals surface area (Å²) >= 11 is 1.42. The van der Waals surface area contributed by atoms with E-state index in [0.29, 0.717) is 5.69 Å². The number of hydrogen-bond donors (Lipinski definition) is 1. The SMILES string of the molecule is Cc1nc(C)c(-c2nnc(NC(=O)c3cccc(N4C(=O)CCC4=O)c3)o2)s1. The highest BCUT2D eigenvalue weighted by molar-refractivity contribution is 7.15. The third-order valence-corrected chi connectivity index (χ3v) is 5.22. The van der Waals surface area contributed by atoms with Gasteiger partial charge in [0.05, 0.1) is 16.4 Å².